The summed E-state index contributed by atoms with van der Waals surface area (Å²) >= 11 is 1.17. The minimum atomic E-state index is -0.802. The van der Waals surface area contributed by atoms with Gasteiger partial charge in [0.25, 0.3) is 11.2 Å². The summed E-state index contributed by atoms with van der Waals surface area (Å²) in [4.78, 5) is 41.2. The Kier molecular flexibility index (Phi) is 5.38. The largest absolute Gasteiger partial charge is 0.467 e. The third-order valence-electron chi connectivity index (χ3n) is 4.73. The van der Waals surface area contributed by atoms with Crippen molar-refractivity contribution in [1.82, 2.24) is 4.57 Å². The van der Waals surface area contributed by atoms with Crippen molar-refractivity contribution in [3.63, 3.8) is 0 Å². The minimum absolute atomic E-state index is 0.0360. The summed E-state index contributed by atoms with van der Waals surface area (Å²) in [7, 11) is 0. The molecule has 31 heavy (non-hydrogen) atoms. The zero-order chi connectivity index (χ0) is 22.1. The third-order valence-corrected chi connectivity index (χ3v) is 5.71. The van der Waals surface area contributed by atoms with Crippen LogP contribution in [-0.4, -0.2) is 22.1 Å². The van der Waals surface area contributed by atoms with Crippen molar-refractivity contribution in [1.29, 1.82) is 0 Å². The number of furan rings is 1. The number of hydrogen-bond donors (Lipinski definition) is 0. The molecule has 0 radical (unpaired) electrons. The Morgan fingerprint density at radius 3 is 2.71 bits per heavy atom. The standard InChI is InChI=1S/C21H17N3O6S/c1-3-29-20(26)17-12(2)22-21-23(18(17)15-5-4-10-30-15)19(25)16(31-21)11-13-6-8-14(9-7-13)24(27)28/h4-11,18H,3H2,1-2H3/b16-11+. The quantitative estimate of drug-likeness (QED) is 0.342. The van der Waals surface area contributed by atoms with Crippen molar-refractivity contribution in [3.8, 4) is 0 Å². The van der Waals surface area contributed by atoms with Gasteiger partial charge in [-0.05, 0) is 49.8 Å². The molecule has 1 atom stereocenters. The van der Waals surface area contributed by atoms with Gasteiger partial charge in [-0.2, -0.15) is 0 Å². The average molecular weight is 439 g/mol. The van der Waals surface area contributed by atoms with Gasteiger partial charge in [-0.3, -0.25) is 19.5 Å². The van der Waals surface area contributed by atoms with Gasteiger partial charge < -0.3 is 9.15 Å². The number of benzene rings is 1. The van der Waals surface area contributed by atoms with Crippen molar-refractivity contribution in [2.45, 2.75) is 19.9 Å². The fraction of sp³-hybridized carbons (Fsp3) is 0.190. The highest BCUT2D eigenvalue weighted by Crippen LogP contribution is 2.30. The van der Waals surface area contributed by atoms with Gasteiger partial charge in [0.05, 0.1) is 33.6 Å². The van der Waals surface area contributed by atoms with Crippen LogP contribution < -0.4 is 14.9 Å². The highest BCUT2D eigenvalue weighted by atomic mass is 32.1. The van der Waals surface area contributed by atoms with Gasteiger partial charge in [-0.25, -0.2) is 9.79 Å². The summed E-state index contributed by atoms with van der Waals surface area (Å²) in [6.45, 7) is 3.58. The van der Waals surface area contributed by atoms with Crippen LogP contribution in [0.3, 0.4) is 0 Å². The molecule has 3 aromatic rings. The Labute approximate surface area is 179 Å². The molecule has 1 aliphatic rings. The van der Waals surface area contributed by atoms with Crippen LogP contribution in [0.2, 0.25) is 0 Å². The second kappa shape index (κ2) is 8.15. The van der Waals surface area contributed by atoms with E-state index < -0.39 is 16.9 Å². The lowest BCUT2D eigenvalue weighted by Gasteiger charge is -2.22. The highest BCUT2D eigenvalue weighted by molar-refractivity contribution is 7.07. The maximum absolute atomic E-state index is 13.3. The molecule has 2 aromatic heterocycles. The van der Waals surface area contributed by atoms with E-state index in [0.29, 0.717) is 26.4 Å². The van der Waals surface area contributed by atoms with Crippen molar-refractivity contribution in [2.24, 2.45) is 4.99 Å². The molecule has 158 valence electrons. The molecule has 3 heterocycles. The fourth-order valence-corrected chi connectivity index (χ4v) is 4.40. The van der Waals surface area contributed by atoms with E-state index in [0.717, 1.165) is 0 Å². The van der Waals surface area contributed by atoms with Gasteiger partial charge in [-0.15, -0.1) is 0 Å². The van der Waals surface area contributed by atoms with E-state index in [-0.39, 0.29) is 23.4 Å². The normalized spacial score (nSPS) is 16.1. The van der Waals surface area contributed by atoms with Crippen molar-refractivity contribution >= 4 is 29.1 Å². The number of rotatable bonds is 5. The van der Waals surface area contributed by atoms with Gasteiger partial charge in [0.2, 0.25) is 0 Å². The second-order valence-electron chi connectivity index (χ2n) is 6.67. The number of esters is 1. The Morgan fingerprint density at radius 2 is 2.10 bits per heavy atom. The summed E-state index contributed by atoms with van der Waals surface area (Å²) < 4.78 is 12.5. The zero-order valence-electron chi connectivity index (χ0n) is 16.6. The SMILES string of the molecule is CCOC(=O)C1=C(C)N=c2s/c(=C/c3ccc([N+](=O)[O-])cc3)c(=O)n2C1c1ccco1. The molecular formula is C21H17N3O6S. The predicted molar refractivity (Wildman–Crippen MR) is 112 cm³/mol. The summed E-state index contributed by atoms with van der Waals surface area (Å²) in [5.74, 6) is -0.143. The molecule has 0 bridgehead atoms. The number of thiazole rings is 1. The zero-order valence-corrected chi connectivity index (χ0v) is 17.4. The molecule has 1 unspecified atom stereocenters. The molecule has 0 N–H and O–H groups in total. The molecule has 0 amide bonds. The summed E-state index contributed by atoms with van der Waals surface area (Å²) in [5.41, 5.74) is 0.935. The monoisotopic (exact) mass is 439 g/mol. The lowest BCUT2D eigenvalue weighted by atomic mass is 10.0. The van der Waals surface area contributed by atoms with E-state index in [4.69, 9.17) is 9.15 Å². The first-order valence-electron chi connectivity index (χ1n) is 9.38. The third kappa shape index (κ3) is 3.73. The van der Waals surface area contributed by atoms with Crippen molar-refractivity contribution in [2.75, 3.05) is 6.61 Å². The lowest BCUT2D eigenvalue weighted by molar-refractivity contribution is -0.384. The van der Waals surface area contributed by atoms with Crippen molar-refractivity contribution < 1.29 is 18.9 Å². The van der Waals surface area contributed by atoms with Crippen molar-refractivity contribution in [3.05, 3.63) is 95.1 Å². The molecule has 1 aromatic carbocycles. The molecule has 1 aliphatic heterocycles. The maximum Gasteiger partial charge on any atom is 0.338 e. The number of nitrogens with zero attached hydrogens (tertiary/aromatic N) is 3. The molecule has 4 rings (SSSR count). The van der Waals surface area contributed by atoms with E-state index in [9.17, 15) is 19.7 Å². The Hall–Kier alpha value is -3.79. The van der Waals surface area contributed by atoms with Gasteiger partial charge >= 0.3 is 5.97 Å². The second-order valence-corrected chi connectivity index (χ2v) is 7.68. The van der Waals surface area contributed by atoms with E-state index in [2.05, 4.69) is 4.99 Å². The summed E-state index contributed by atoms with van der Waals surface area (Å²) in [6.07, 6.45) is 3.11. The van der Waals surface area contributed by atoms with Crippen LogP contribution >= 0.6 is 11.3 Å². The number of allylic oxidation sites excluding steroid dienone is 1. The number of hydrogen-bond acceptors (Lipinski definition) is 8. The van der Waals surface area contributed by atoms with E-state index in [1.54, 1.807) is 44.2 Å². The number of ether oxygens (including phenoxy) is 1. The number of carbonyl (C=O) groups is 1. The number of carbonyl (C=O) groups excluding carboxylic acids is 1. The number of fused-ring (bicyclic) bond motifs is 1. The van der Waals surface area contributed by atoms with Gasteiger partial charge in [-0.1, -0.05) is 11.3 Å². The molecule has 0 aliphatic carbocycles. The Morgan fingerprint density at radius 1 is 1.35 bits per heavy atom. The molecule has 0 spiro atoms. The number of nitro groups is 1. The number of nitro benzene ring substituents is 1. The van der Waals surface area contributed by atoms with Crippen LogP contribution in [-0.2, 0) is 9.53 Å². The minimum Gasteiger partial charge on any atom is -0.467 e. The fourth-order valence-electron chi connectivity index (χ4n) is 3.35. The van der Waals surface area contributed by atoms with Crippen LogP contribution in [0.25, 0.3) is 6.08 Å². The van der Waals surface area contributed by atoms with Gasteiger partial charge in [0, 0.05) is 12.1 Å². The Bertz CT molecular complexity index is 1360. The summed E-state index contributed by atoms with van der Waals surface area (Å²) in [5, 5.41) is 10.8. The first-order valence-corrected chi connectivity index (χ1v) is 10.2. The molecular weight excluding hydrogens is 422 g/mol. The smallest absolute Gasteiger partial charge is 0.338 e. The van der Waals surface area contributed by atoms with E-state index in [1.807, 2.05) is 0 Å². The molecule has 0 saturated heterocycles. The van der Waals surface area contributed by atoms with E-state index >= 15 is 0 Å². The highest BCUT2D eigenvalue weighted by Gasteiger charge is 2.34. The molecule has 10 heteroatoms. The van der Waals surface area contributed by atoms with Gasteiger partial charge in [0.15, 0.2) is 4.80 Å². The average Bonchev–Trinajstić information content (AvgIpc) is 3.36. The van der Waals surface area contributed by atoms with Crippen LogP contribution in [0.1, 0.15) is 31.2 Å². The van der Waals surface area contributed by atoms with Crippen LogP contribution in [0, 0.1) is 10.1 Å². The first-order chi connectivity index (χ1) is 14.9. The predicted octanol–water partition coefficient (Wildman–Crippen LogP) is 2.30. The topological polar surface area (TPSA) is 117 Å². The first kappa shape index (κ1) is 20.5. The Balaban J connectivity index is 1.88. The summed E-state index contributed by atoms with van der Waals surface area (Å²) in [6, 6.07) is 8.45. The molecule has 0 saturated carbocycles. The molecule has 0 fully saturated rings. The van der Waals surface area contributed by atoms with Crippen LogP contribution in [0.5, 0.6) is 0 Å². The number of non-ortho nitro benzene ring substituents is 1. The van der Waals surface area contributed by atoms with Crippen LogP contribution in [0.15, 0.2) is 68.1 Å². The van der Waals surface area contributed by atoms with E-state index in [1.165, 1.54) is 34.3 Å². The maximum atomic E-state index is 13.3. The van der Waals surface area contributed by atoms with Gasteiger partial charge in [0.1, 0.15) is 11.8 Å². The lowest BCUT2D eigenvalue weighted by Crippen LogP contribution is -2.39. The molecule has 9 nitrogen and oxygen atoms in total. The van der Waals surface area contributed by atoms with Crippen LogP contribution in [0.4, 0.5) is 5.69 Å². The number of aromatic nitrogens is 1.